The van der Waals surface area contributed by atoms with Crippen LogP contribution < -0.4 is 4.90 Å². The minimum absolute atomic E-state index is 0.0600. The van der Waals surface area contributed by atoms with Crippen LogP contribution in [0.25, 0.3) is 10.8 Å². The summed E-state index contributed by atoms with van der Waals surface area (Å²) in [7, 11) is 0. The molecular weight excluding hydrogens is 269 g/mol. The number of amides is 1. The highest BCUT2D eigenvalue weighted by atomic mass is 19.4. The van der Waals surface area contributed by atoms with Crippen LogP contribution in [0.2, 0.25) is 0 Å². The standard InChI is InChI=1S/C14H7F3N2O/c15-14(16,17)7-19-10-3-1-2-8-4-5-9(6-18)12(11(8)10)13(19)20/h1-5H,7H2. The molecule has 6 heteroatoms. The second-order valence-electron chi connectivity index (χ2n) is 4.48. The van der Waals surface area contributed by atoms with Gasteiger partial charge in [-0.2, -0.15) is 18.4 Å². The molecule has 2 aromatic rings. The predicted molar refractivity (Wildman–Crippen MR) is 66.4 cm³/mol. The third-order valence-electron chi connectivity index (χ3n) is 3.23. The fourth-order valence-electron chi connectivity index (χ4n) is 2.48. The summed E-state index contributed by atoms with van der Waals surface area (Å²) in [6, 6.07) is 9.70. The smallest absolute Gasteiger partial charge is 0.299 e. The minimum Gasteiger partial charge on any atom is -0.299 e. The van der Waals surface area contributed by atoms with Crippen molar-refractivity contribution in [3.63, 3.8) is 0 Å². The van der Waals surface area contributed by atoms with Gasteiger partial charge in [-0.1, -0.05) is 18.2 Å². The van der Waals surface area contributed by atoms with E-state index in [2.05, 4.69) is 0 Å². The molecule has 0 bridgehead atoms. The molecule has 0 saturated heterocycles. The highest BCUT2D eigenvalue weighted by molar-refractivity contribution is 6.26. The summed E-state index contributed by atoms with van der Waals surface area (Å²) < 4.78 is 37.8. The van der Waals surface area contributed by atoms with E-state index in [1.165, 1.54) is 12.1 Å². The van der Waals surface area contributed by atoms with Crippen LogP contribution in [0.5, 0.6) is 0 Å². The number of halogens is 3. The van der Waals surface area contributed by atoms with Crippen LogP contribution in [0.4, 0.5) is 18.9 Å². The zero-order valence-electron chi connectivity index (χ0n) is 10.0. The fourth-order valence-corrected chi connectivity index (χ4v) is 2.48. The monoisotopic (exact) mass is 276 g/mol. The van der Waals surface area contributed by atoms with Crippen molar-refractivity contribution in [3.05, 3.63) is 41.5 Å². The molecule has 0 fully saturated rings. The summed E-state index contributed by atoms with van der Waals surface area (Å²) in [6.07, 6.45) is -4.49. The maximum atomic E-state index is 12.6. The fraction of sp³-hybridized carbons (Fsp3) is 0.143. The first-order chi connectivity index (χ1) is 9.42. The Balaban J connectivity index is 2.28. The average Bonchev–Trinajstić information content (AvgIpc) is 2.66. The van der Waals surface area contributed by atoms with Gasteiger partial charge in [-0.25, -0.2) is 0 Å². The normalized spacial score (nSPS) is 13.9. The molecular formula is C14H7F3N2O. The van der Waals surface area contributed by atoms with Crippen molar-refractivity contribution in [1.29, 1.82) is 5.26 Å². The van der Waals surface area contributed by atoms with E-state index in [1.807, 2.05) is 6.07 Å². The number of carbonyl (C=O) groups excluding carboxylic acids is 1. The van der Waals surface area contributed by atoms with E-state index >= 15 is 0 Å². The Kier molecular flexibility index (Phi) is 2.48. The minimum atomic E-state index is -4.49. The van der Waals surface area contributed by atoms with Gasteiger partial charge in [0, 0.05) is 5.39 Å². The largest absolute Gasteiger partial charge is 0.406 e. The lowest BCUT2D eigenvalue weighted by molar-refractivity contribution is -0.118. The summed E-state index contributed by atoms with van der Waals surface area (Å²) in [6.45, 7) is -1.36. The van der Waals surface area contributed by atoms with Crippen molar-refractivity contribution in [3.8, 4) is 6.07 Å². The first-order valence-corrected chi connectivity index (χ1v) is 5.77. The number of alkyl halides is 3. The molecule has 0 saturated carbocycles. The number of anilines is 1. The third-order valence-corrected chi connectivity index (χ3v) is 3.23. The molecule has 100 valence electrons. The maximum absolute atomic E-state index is 12.6. The zero-order chi connectivity index (χ0) is 14.5. The first-order valence-electron chi connectivity index (χ1n) is 5.77. The lowest BCUT2D eigenvalue weighted by Gasteiger charge is -2.19. The molecule has 0 aliphatic carbocycles. The molecule has 2 aromatic carbocycles. The molecule has 1 heterocycles. The Bertz CT molecular complexity index is 774. The molecule has 1 aliphatic rings. The van der Waals surface area contributed by atoms with Gasteiger partial charge < -0.3 is 0 Å². The summed E-state index contributed by atoms with van der Waals surface area (Å²) in [5.74, 6) is -0.773. The molecule has 1 aliphatic heterocycles. The lowest BCUT2D eigenvalue weighted by Crippen LogP contribution is -2.36. The number of hydrogen-bond donors (Lipinski definition) is 0. The molecule has 3 nitrogen and oxygen atoms in total. The molecule has 0 atom stereocenters. The van der Waals surface area contributed by atoms with Crippen molar-refractivity contribution in [2.24, 2.45) is 0 Å². The Morgan fingerprint density at radius 3 is 2.60 bits per heavy atom. The van der Waals surface area contributed by atoms with E-state index in [-0.39, 0.29) is 16.8 Å². The van der Waals surface area contributed by atoms with Gasteiger partial charge in [0.1, 0.15) is 6.54 Å². The molecule has 0 aromatic heterocycles. The topological polar surface area (TPSA) is 44.1 Å². The number of hydrogen-bond acceptors (Lipinski definition) is 2. The van der Waals surface area contributed by atoms with Crippen molar-refractivity contribution in [2.75, 3.05) is 11.4 Å². The van der Waals surface area contributed by atoms with Gasteiger partial charge in [0.25, 0.3) is 5.91 Å². The van der Waals surface area contributed by atoms with E-state index in [0.29, 0.717) is 15.7 Å². The van der Waals surface area contributed by atoms with E-state index in [4.69, 9.17) is 5.26 Å². The molecule has 20 heavy (non-hydrogen) atoms. The lowest BCUT2D eigenvalue weighted by atomic mass is 10.0. The molecule has 1 amide bonds. The van der Waals surface area contributed by atoms with Crippen LogP contribution >= 0.6 is 0 Å². The molecule has 3 rings (SSSR count). The zero-order valence-corrected chi connectivity index (χ0v) is 10.0. The number of carbonyl (C=O) groups is 1. The number of nitrogens with zero attached hydrogens (tertiary/aromatic N) is 2. The number of benzene rings is 2. The second-order valence-corrected chi connectivity index (χ2v) is 4.48. The second kappa shape index (κ2) is 3.97. The van der Waals surface area contributed by atoms with E-state index in [0.717, 1.165) is 0 Å². The Morgan fingerprint density at radius 1 is 1.20 bits per heavy atom. The number of nitriles is 1. The first kappa shape index (κ1) is 12.5. The van der Waals surface area contributed by atoms with Crippen LogP contribution in [0.3, 0.4) is 0 Å². The SMILES string of the molecule is N#Cc1ccc2cccc3c2c1C(=O)N3CC(F)(F)F. The van der Waals surface area contributed by atoms with Crippen molar-refractivity contribution in [2.45, 2.75) is 6.18 Å². The summed E-state index contributed by atoms with van der Waals surface area (Å²) in [5, 5.41) is 10.1. The molecule has 0 spiro atoms. The van der Waals surface area contributed by atoms with Crippen molar-refractivity contribution >= 4 is 22.4 Å². The quantitative estimate of drug-likeness (QED) is 0.802. The number of rotatable bonds is 1. The van der Waals surface area contributed by atoms with Crippen LogP contribution in [-0.2, 0) is 0 Å². The maximum Gasteiger partial charge on any atom is 0.406 e. The van der Waals surface area contributed by atoms with Gasteiger partial charge in [-0.05, 0) is 17.5 Å². The van der Waals surface area contributed by atoms with Gasteiger partial charge >= 0.3 is 6.18 Å². The summed E-state index contributed by atoms with van der Waals surface area (Å²) in [5.41, 5.74) is 0.362. The van der Waals surface area contributed by atoms with Gasteiger partial charge in [0.15, 0.2) is 0 Å². The van der Waals surface area contributed by atoms with Crippen LogP contribution in [0.15, 0.2) is 30.3 Å². The van der Waals surface area contributed by atoms with E-state index in [1.54, 1.807) is 18.2 Å². The highest BCUT2D eigenvalue weighted by Gasteiger charge is 2.39. The van der Waals surface area contributed by atoms with Gasteiger partial charge in [0.05, 0.1) is 22.9 Å². The van der Waals surface area contributed by atoms with E-state index < -0.39 is 18.6 Å². The molecule has 0 N–H and O–H groups in total. The van der Waals surface area contributed by atoms with Crippen LogP contribution in [0.1, 0.15) is 15.9 Å². The Labute approximate surface area is 111 Å². The molecule has 0 unspecified atom stereocenters. The van der Waals surface area contributed by atoms with Gasteiger partial charge in [-0.3, -0.25) is 9.69 Å². The van der Waals surface area contributed by atoms with Crippen LogP contribution in [-0.4, -0.2) is 18.6 Å². The summed E-state index contributed by atoms with van der Waals surface area (Å²) in [4.78, 5) is 12.9. The van der Waals surface area contributed by atoms with Crippen LogP contribution in [0, 0.1) is 11.3 Å². The molecule has 0 radical (unpaired) electrons. The Morgan fingerprint density at radius 2 is 1.95 bits per heavy atom. The summed E-state index contributed by atoms with van der Waals surface area (Å²) >= 11 is 0. The highest BCUT2D eigenvalue weighted by Crippen LogP contribution is 2.40. The van der Waals surface area contributed by atoms with Gasteiger partial charge in [0.2, 0.25) is 0 Å². The van der Waals surface area contributed by atoms with Crippen molar-refractivity contribution < 1.29 is 18.0 Å². The average molecular weight is 276 g/mol. The van der Waals surface area contributed by atoms with Crippen molar-refractivity contribution in [1.82, 2.24) is 0 Å². The third kappa shape index (κ3) is 1.71. The predicted octanol–water partition coefficient (Wildman–Crippen LogP) is 3.23. The Hall–Kier alpha value is -2.55. The van der Waals surface area contributed by atoms with Gasteiger partial charge in [-0.15, -0.1) is 0 Å². The van der Waals surface area contributed by atoms with E-state index in [9.17, 15) is 18.0 Å².